The van der Waals surface area contributed by atoms with Crippen LogP contribution in [0.4, 0.5) is 0 Å². The highest BCUT2D eigenvalue weighted by atomic mass is 16.5. The maximum absolute atomic E-state index is 6.23. The second kappa shape index (κ2) is 3.24. The summed E-state index contributed by atoms with van der Waals surface area (Å²) >= 11 is 0. The Labute approximate surface area is 90.6 Å². The number of ether oxygens (including phenoxy) is 1. The molecule has 2 aliphatic rings. The number of hydrogen-bond acceptors (Lipinski definition) is 2. The van der Waals surface area contributed by atoms with E-state index in [4.69, 9.17) is 4.74 Å². The van der Waals surface area contributed by atoms with Crippen molar-refractivity contribution in [2.24, 2.45) is 0 Å². The lowest BCUT2D eigenvalue weighted by molar-refractivity contribution is 0.0594. The second-order valence-electron chi connectivity index (χ2n) is 4.78. The molecule has 0 saturated carbocycles. The molecule has 2 aliphatic heterocycles. The molecule has 1 aromatic rings. The molecule has 15 heavy (non-hydrogen) atoms. The zero-order valence-corrected chi connectivity index (χ0v) is 9.18. The molecule has 0 aromatic heterocycles. The van der Waals surface area contributed by atoms with Crippen molar-refractivity contribution in [3.05, 3.63) is 29.3 Å². The van der Waals surface area contributed by atoms with Gasteiger partial charge in [0, 0.05) is 6.42 Å². The first kappa shape index (κ1) is 9.22. The molecule has 0 unspecified atom stereocenters. The van der Waals surface area contributed by atoms with E-state index in [0.29, 0.717) is 0 Å². The van der Waals surface area contributed by atoms with Crippen molar-refractivity contribution in [2.75, 3.05) is 13.1 Å². The van der Waals surface area contributed by atoms with E-state index < -0.39 is 0 Å². The van der Waals surface area contributed by atoms with Gasteiger partial charge in [-0.3, -0.25) is 0 Å². The smallest absolute Gasteiger partial charge is 0.126 e. The molecule has 0 amide bonds. The second-order valence-corrected chi connectivity index (χ2v) is 4.78. The lowest BCUT2D eigenvalue weighted by Gasteiger charge is -2.33. The van der Waals surface area contributed by atoms with Crippen LogP contribution in [0.5, 0.6) is 5.75 Å². The summed E-state index contributed by atoms with van der Waals surface area (Å²) in [4.78, 5) is 0. The van der Waals surface area contributed by atoms with Gasteiger partial charge in [-0.25, -0.2) is 0 Å². The van der Waals surface area contributed by atoms with E-state index in [-0.39, 0.29) is 5.60 Å². The lowest BCUT2D eigenvalue weighted by atomic mass is 9.88. The third-order valence-electron chi connectivity index (χ3n) is 3.64. The minimum Gasteiger partial charge on any atom is -0.486 e. The van der Waals surface area contributed by atoms with Crippen molar-refractivity contribution in [3.63, 3.8) is 0 Å². The molecular formula is C13H17NO. The zero-order chi connectivity index (χ0) is 10.3. The number of piperidine rings is 1. The summed E-state index contributed by atoms with van der Waals surface area (Å²) in [6.45, 7) is 4.32. The van der Waals surface area contributed by atoms with Crippen LogP contribution in [0.2, 0.25) is 0 Å². The fourth-order valence-electron chi connectivity index (χ4n) is 2.76. The first-order valence-electron chi connectivity index (χ1n) is 5.77. The Morgan fingerprint density at radius 3 is 2.80 bits per heavy atom. The number of para-hydroxylation sites is 1. The van der Waals surface area contributed by atoms with E-state index in [0.717, 1.165) is 38.1 Å². The number of benzene rings is 1. The van der Waals surface area contributed by atoms with Crippen LogP contribution >= 0.6 is 0 Å². The summed E-state index contributed by atoms with van der Waals surface area (Å²) in [5, 5.41) is 3.40. The van der Waals surface area contributed by atoms with Crippen LogP contribution in [0.3, 0.4) is 0 Å². The maximum atomic E-state index is 6.23. The number of fused-ring (bicyclic) bond motifs is 1. The molecular weight excluding hydrogens is 186 g/mol. The molecule has 80 valence electrons. The zero-order valence-electron chi connectivity index (χ0n) is 9.18. The van der Waals surface area contributed by atoms with E-state index in [9.17, 15) is 0 Å². The molecule has 2 nitrogen and oxygen atoms in total. The van der Waals surface area contributed by atoms with E-state index in [1.54, 1.807) is 0 Å². The van der Waals surface area contributed by atoms with Crippen LogP contribution in [-0.4, -0.2) is 18.7 Å². The van der Waals surface area contributed by atoms with Gasteiger partial charge in [0.2, 0.25) is 0 Å². The Kier molecular flexibility index (Phi) is 1.99. The third kappa shape index (κ3) is 1.44. The van der Waals surface area contributed by atoms with Crippen LogP contribution in [0.15, 0.2) is 18.2 Å². The minimum atomic E-state index is 0.111. The van der Waals surface area contributed by atoms with Crippen LogP contribution in [-0.2, 0) is 6.42 Å². The van der Waals surface area contributed by atoms with Crippen molar-refractivity contribution in [2.45, 2.75) is 31.8 Å². The van der Waals surface area contributed by atoms with Crippen molar-refractivity contribution in [1.82, 2.24) is 5.32 Å². The van der Waals surface area contributed by atoms with Crippen LogP contribution in [0, 0.1) is 6.92 Å². The van der Waals surface area contributed by atoms with E-state index in [2.05, 4.69) is 30.4 Å². The van der Waals surface area contributed by atoms with Gasteiger partial charge < -0.3 is 10.1 Å². The van der Waals surface area contributed by atoms with Crippen molar-refractivity contribution in [3.8, 4) is 5.75 Å². The fraction of sp³-hybridized carbons (Fsp3) is 0.538. The molecule has 0 bridgehead atoms. The van der Waals surface area contributed by atoms with Gasteiger partial charge in [-0.1, -0.05) is 18.2 Å². The molecule has 2 heterocycles. The standard InChI is InChI=1S/C13H17NO/c1-10-3-2-4-11-9-13(15-12(10)11)5-7-14-8-6-13/h2-4,14H,5-9H2,1H3. The molecule has 1 spiro atoms. The Balaban J connectivity index is 1.94. The normalized spacial score (nSPS) is 22.5. The summed E-state index contributed by atoms with van der Waals surface area (Å²) in [7, 11) is 0. The molecule has 0 atom stereocenters. The van der Waals surface area contributed by atoms with Gasteiger partial charge in [-0.15, -0.1) is 0 Å². The van der Waals surface area contributed by atoms with Gasteiger partial charge in [0.05, 0.1) is 0 Å². The molecule has 2 heteroatoms. The highest BCUT2D eigenvalue weighted by Gasteiger charge is 2.40. The van der Waals surface area contributed by atoms with E-state index >= 15 is 0 Å². The van der Waals surface area contributed by atoms with Crippen LogP contribution in [0.1, 0.15) is 24.0 Å². The van der Waals surface area contributed by atoms with E-state index in [1.807, 2.05) is 0 Å². The monoisotopic (exact) mass is 203 g/mol. The summed E-state index contributed by atoms with van der Waals surface area (Å²) in [5.74, 6) is 1.15. The van der Waals surface area contributed by atoms with E-state index in [1.165, 1.54) is 11.1 Å². The van der Waals surface area contributed by atoms with Crippen molar-refractivity contribution < 1.29 is 4.74 Å². The molecule has 1 saturated heterocycles. The molecule has 1 aromatic carbocycles. The summed E-state index contributed by atoms with van der Waals surface area (Å²) in [5.41, 5.74) is 2.79. The number of rotatable bonds is 0. The third-order valence-corrected chi connectivity index (χ3v) is 3.64. The Morgan fingerprint density at radius 2 is 2.07 bits per heavy atom. The Bertz CT molecular complexity index is 380. The summed E-state index contributed by atoms with van der Waals surface area (Å²) < 4.78 is 6.23. The average Bonchev–Trinajstić information content (AvgIpc) is 2.59. The minimum absolute atomic E-state index is 0.111. The molecule has 1 N–H and O–H groups in total. The SMILES string of the molecule is Cc1cccc2c1OC1(CCNCC1)C2. The predicted octanol–water partition coefficient (Wildman–Crippen LogP) is 2.05. The van der Waals surface area contributed by atoms with Crippen LogP contribution < -0.4 is 10.1 Å². The predicted molar refractivity (Wildman–Crippen MR) is 60.3 cm³/mol. The Hall–Kier alpha value is -1.02. The highest BCUT2D eigenvalue weighted by Crippen LogP contribution is 2.41. The van der Waals surface area contributed by atoms with Gasteiger partial charge in [0.15, 0.2) is 0 Å². The Morgan fingerprint density at radius 1 is 1.27 bits per heavy atom. The largest absolute Gasteiger partial charge is 0.486 e. The van der Waals surface area contributed by atoms with Gasteiger partial charge >= 0.3 is 0 Å². The number of nitrogens with one attached hydrogen (secondary N) is 1. The number of aryl methyl sites for hydroxylation is 1. The lowest BCUT2D eigenvalue weighted by Crippen LogP contribution is -2.45. The van der Waals surface area contributed by atoms with Gasteiger partial charge in [0.1, 0.15) is 11.4 Å². The highest BCUT2D eigenvalue weighted by molar-refractivity contribution is 5.45. The quantitative estimate of drug-likeness (QED) is 0.697. The molecule has 1 fully saturated rings. The van der Waals surface area contributed by atoms with Gasteiger partial charge in [0.25, 0.3) is 0 Å². The van der Waals surface area contributed by atoms with Crippen molar-refractivity contribution >= 4 is 0 Å². The van der Waals surface area contributed by atoms with Crippen LogP contribution in [0.25, 0.3) is 0 Å². The maximum Gasteiger partial charge on any atom is 0.126 e. The average molecular weight is 203 g/mol. The summed E-state index contributed by atoms with van der Waals surface area (Å²) in [6, 6.07) is 6.48. The van der Waals surface area contributed by atoms with Crippen molar-refractivity contribution in [1.29, 1.82) is 0 Å². The first-order valence-corrected chi connectivity index (χ1v) is 5.77. The number of hydrogen-bond donors (Lipinski definition) is 1. The molecule has 3 rings (SSSR count). The summed E-state index contributed by atoms with van der Waals surface area (Å²) in [6.07, 6.45) is 3.38. The molecule has 0 radical (unpaired) electrons. The topological polar surface area (TPSA) is 21.3 Å². The first-order chi connectivity index (χ1) is 7.29. The van der Waals surface area contributed by atoms with Gasteiger partial charge in [-0.05, 0) is 44.0 Å². The fourth-order valence-corrected chi connectivity index (χ4v) is 2.76. The molecule has 0 aliphatic carbocycles. The van der Waals surface area contributed by atoms with Gasteiger partial charge in [-0.2, -0.15) is 0 Å².